The molecule has 0 amide bonds. The number of aromatic nitrogens is 1. The molecule has 1 aromatic carbocycles. The molecule has 0 aliphatic carbocycles. The second kappa shape index (κ2) is 5.55. The molecule has 1 heterocycles. The third-order valence-electron chi connectivity index (χ3n) is 3.25. The minimum atomic E-state index is 0.198. The highest BCUT2D eigenvalue weighted by Crippen LogP contribution is 2.19. The topological polar surface area (TPSA) is 40.2 Å². The van der Waals surface area contributed by atoms with Gasteiger partial charge in [-0.3, -0.25) is 0 Å². The van der Waals surface area contributed by atoms with Gasteiger partial charge in [0.1, 0.15) is 0 Å². The van der Waals surface area contributed by atoms with Gasteiger partial charge in [-0.2, -0.15) is 0 Å². The van der Waals surface area contributed by atoms with Gasteiger partial charge in [0, 0.05) is 31.4 Å². The first kappa shape index (κ1) is 13.1. The normalized spacial score (nSPS) is 14.9. The minimum absolute atomic E-state index is 0.198. The number of hydrogen-bond donors (Lipinski definition) is 1. The summed E-state index contributed by atoms with van der Waals surface area (Å²) in [7, 11) is 1.75. The lowest BCUT2D eigenvalue weighted by molar-refractivity contribution is 0.104. The van der Waals surface area contributed by atoms with Crippen molar-refractivity contribution >= 4 is 10.9 Å². The van der Waals surface area contributed by atoms with Gasteiger partial charge in [-0.25, -0.2) is 0 Å². The standard InChI is InChI=1S/C15H22N2O/c1-11(16)8-13-4-5-14-6-7-17(15(14)9-13)10-12(2)18-3/h4-7,9,11-12H,8,10,16H2,1-3H3. The zero-order chi connectivity index (χ0) is 13.1. The van der Waals surface area contributed by atoms with E-state index in [1.54, 1.807) is 7.11 Å². The van der Waals surface area contributed by atoms with Crippen molar-refractivity contribution in [1.29, 1.82) is 0 Å². The molecule has 98 valence electrons. The van der Waals surface area contributed by atoms with Gasteiger partial charge in [0.25, 0.3) is 0 Å². The van der Waals surface area contributed by atoms with Gasteiger partial charge >= 0.3 is 0 Å². The smallest absolute Gasteiger partial charge is 0.0722 e. The van der Waals surface area contributed by atoms with Crippen LogP contribution < -0.4 is 5.73 Å². The van der Waals surface area contributed by atoms with E-state index >= 15 is 0 Å². The van der Waals surface area contributed by atoms with E-state index in [4.69, 9.17) is 10.5 Å². The SMILES string of the molecule is COC(C)Cn1ccc2ccc(CC(C)N)cc21. The molecular formula is C15H22N2O. The van der Waals surface area contributed by atoms with Crippen LogP contribution in [0.2, 0.25) is 0 Å². The van der Waals surface area contributed by atoms with Crippen LogP contribution >= 0.6 is 0 Å². The lowest BCUT2D eigenvalue weighted by Gasteiger charge is -2.12. The highest BCUT2D eigenvalue weighted by Gasteiger charge is 2.06. The summed E-state index contributed by atoms with van der Waals surface area (Å²) >= 11 is 0. The van der Waals surface area contributed by atoms with Gasteiger partial charge in [0.05, 0.1) is 6.10 Å². The quantitative estimate of drug-likeness (QED) is 0.880. The summed E-state index contributed by atoms with van der Waals surface area (Å²) in [6.45, 7) is 5.00. The second-order valence-corrected chi connectivity index (χ2v) is 5.09. The van der Waals surface area contributed by atoms with Crippen LogP contribution in [-0.4, -0.2) is 23.8 Å². The number of fused-ring (bicyclic) bond motifs is 1. The molecule has 2 N–H and O–H groups in total. The predicted molar refractivity (Wildman–Crippen MR) is 75.8 cm³/mol. The summed E-state index contributed by atoms with van der Waals surface area (Å²) in [6.07, 6.45) is 3.26. The van der Waals surface area contributed by atoms with Gasteiger partial charge in [0.2, 0.25) is 0 Å². The van der Waals surface area contributed by atoms with Gasteiger partial charge in [-0.05, 0) is 43.4 Å². The number of nitrogens with zero attached hydrogens (tertiary/aromatic N) is 1. The number of ether oxygens (including phenoxy) is 1. The molecule has 18 heavy (non-hydrogen) atoms. The average Bonchev–Trinajstić information content (AvgIpc) is 2.71. The third kappa shape index (κ3) is 2.92. The Morgan fingerprint density at radius 1 is 1.28 bits per heavy atom. The summed E-state index contributed by atoms with van der Waals surface area (Å²) < 4.78 is 7.57. The molecule has 2 rings (SSSR count). The van der Waals surface area contributed by atoms with Crippen LogP contribution in [0.4, 0.5) is 0 Å². The molecule has 0 aliphatic rings. The van der Waals surface area contributed by atoms with Crippen molar-refractivity contribution in [3.8, 4) is 0 Å². The van der Waals surface area contributed by atoms with Crippen molar-refractivity contribution in [1.82, 2.24) is 4.57 Å². The van der Waals surface area contributed by atoms with Gasteiger partial charge < -0.3 is 15.0 Å². The van der Waals surface area contributed by atoms with Crippen LogP contribution in [0.1, 0.15) is 19.4 Å². The van der Waals surface area contributed by atoms with E-state index in [1.165, 1.54) is 16.5 Å². The summed E-state index contributed by atoms with van der Waals surface area (Å²) in [4.78, 5) is 0. The Morgan fingerprint density at radius 2 is 2.06 bits per heavy atom. The molecule has 0 saturated heterocycles. The van der Waals surface area contributed by atoms with Crippen molar-refractivity contribution < 1.29 is 4.74 Å². The number of hydrogen-bond acceptors (Lipinski definition) is 2. The van der Waals surface area contributed by atoms with Crippen LogP contribution in [-0.2, 0) is 17.7 Å². The molecule has 0 saturated carbocycles. The molecule has 0 bridgehead atoms. The van der Waals surface area contributed by atoms with Crippen molar-refractivity contribution in [2.24, 2.45) is 5.73 Å². The maximum absolute atomic E-state index is 5.86. The fourth-order valence-corrected chi connectivity index (χ4v) is 2.24. The Hall–Kier alpha value is -1.32. The Balaban J connectivity index is 2.31. The first-order valence-corrected chi connectivity index (χ1v) is 6.46. The summed E-state index contributed by atoms with van der Waals surface area (Å²) in [5, 5.41) is 1.27. The average molecular weight is 246 g/mol. The fourth-order valence-electron chi connectivity index (χ4n) is 2.24. The van der Waals surface area contributed by atoms with E-state index in [2.05, 4.69) is 42.0 Å². The van der Waals surface area contributed by atoms with Crippen molar-refractivity contribution in [3.63, 3.8) is 0 Å². The zero-order valence-corrected chi connectivity index (χ0v) is 11.4. The highest BCUT2D eigenvalue weighted by molar-refractivity contribution is 5.80. The third-order valence-corrected chi connectivity index (χ3v) is 3.25. The Bertz CT molecular complexity index is 516. The molecule has 2 unspecified atom stereocenters. The zero-order valence-electron chi connectivity index (χ0n) is 11.4. The van der Waals surface area contributed by atoms with Crippen LogP contribution in [0.15, 0.2) is 30.5 Å². The fraction of sp³-hybridized carbons (Fsp3) is 0.467. The highest BCUT2D eigenvalue weighted by atomic mass is 16.5. The number of benzene rings is 1. The Kier molecular flexibility index (Phi) is 4.04. The van der Waals surface area contributed by atoms with Crippen molar-refractivity contribution in [2.45, 2.75) is 39.0 Å². The molecule has 3 heteroatoms. The maximum Gasteiger partial charge on any atom is 0.0722 e. The molecule has 2 atom stereocenters. The number of rotatable bonds is 5. The van der Waals surface area contributed by atoms with Crippen LogP contribution in [0, 0.1) is 0 Å². The Labute approximate surface area is 109 Å². The van der Waals surface area contributed by atoms with E-state index in [0.717, 1.165) is 13.0 Å². The largest absolute Gasteiger partial charge is 0.380 e. The molecule has 0 spiro atoms. The molecule has 0 radical (unpaired) electrons. The number of methoxy groups -OCH3 is 1. The molecule has 3 nitrogen and oxygen atoms in total. The van der Waals surface area contributed by atoms with E-state index in [1.807, 2.05) is 6.92 Å². The molecular weight excluding hydrogens is 224 g/mol. The van der Waals surface area contributed by atoms with E-state index in [0.29, 0.717) is 0 Å². The van der Waals surface area contributed by atoms with Gasteiger partial charge in [0.15, 0.2) is 0 Å². The lowest BCUT2D eigenvalue weighted by Crippen LogP contribution is -2.17. The molecule has 2 aromatic rings. The summed E-state index contributed by atoms with van der Waals surface area (Å²) in [5.74, 6) is 0. The maximum atomic E-state index is 5.86. The van der Waals surface area contributed by atoms with Crippen LogP contribution in [0.3, 0.4) is 0 Å². The van der Waals surface area contributed by atoms with E-state index in [9.17, 15) is 0 Å². The minimum Gasteiger partial charge on any atom is -0.380 e. The van der Waals surface area contributed by atoms with Crippen molar-refractivity contribution in [3.05, 3.63) is 36.0 Å². The number of nitrogens with two attached hydrogens (primary N) is 1. The summed E-state index contributed by atoms with van der Waals surface area (Å²) in [6, 6.07) is 8.91. The molecule has 0 fully saturated rings. The van der Waals surface area contributed by atoms with Gasteiger partial charge in [-0.15, -0.1) is 0 Å². The summed E-state index contributed by atoms with van der Waals surface area (Å²) in [5.41, 5.74) is 8.41. The lowest BCUT2D eigenvalue weighted by atomic mass is 10.1. The first-order valence-electron chi connectivity index (χ1n) is 6.46. The van der Waals surface area contributed by atoms with Crippen LogP contribution in [0.5, 0.6) is 0 Å². The Morgan fingerprint density at radius 3 is 2.72 bits per heavy atom. The second-order valence-electron chi connectivity index (χ2n) is 5.09. The van der Waals surface area contributed by atoms with E-state index in [-0.39, 0.29) is 12.1 Å². The monoisotopic (exact) mass is 246 g/mol. The predicted octanol–water partition coefficient (Wildman–Crippen LogP) is 2.57. The first-order chi connectivity index (χ1) is 8.60. The molecule has 1 aromatic heterocycles. The van der Waals surface area contributed by atoms with Crippen LogP contribution in [0.25, 0.3) is 10.9 Å². The van der Waals surface area contributed by atoms with E-state index < -0.39 is 0 Å². The van der Waals surface area contributed by atoms with Crippen molar-refractivity contribution in [2.75, 3.05) is 7.11 Å². The van der Waals surface area contributed by atoms with Gasteiger partial charge in [-0.1, -0.05) is 12.1 Å². The molecule has 0 aliphatic heterocycles.